The molecule has 2 aromatic carbocycles. The number of halogens is 1. The summed E-state index contributed by atoms with van der Waals surface area (Å²) in [5.74, 6) is 0. The van der Waals surface area contributed by atoms with E-state index in [0.29, 0.717) is 0 Å². The van der Waals surface area contributed by atoms with Gasteiger partial charge in [-0.3, -0.25) is 0 Å². The minimum absolute atomic E-state index is 0. The van der Waals surface area contributed by atoms with E-state index in [-0.39, 0.29) is 20.1 Å². The molecule has 0 unspecified atom stereocenters. The van der Waals surface area contributed by atoms with Gasteiger partial charge in [0.1, 0.15) is 0 Å². The normalized spacial score (nSPS) is 9.68. The van der Waals surface area contributed by atoms with Crippen LogP contribution in [0.15, 0.2) is 83.6 Å². The Labute approximate surface area is 188 Å². The third-order valence-corrected chi connectivity index (χ3v) is 4.35. The smallest absolute Gasteiger partial charge is 0.0163 e. The first-order valence-electron chi connectivity index (χ1n) is 8.62. The van der Waals surface area contributed by atoms with Crippen LogP contribution < -0.4 is 0 Å². The average molecular weight is 608 g/mol. The van der Waals surface area contributed by atoms with Crippen molar-refractivity contribution in [2.75, 3.05) is 0 Å². The maximum Gasteiger partial charge on any atom is 0.0163 e. The summed E-state index contributed by atoms with van der Waals surface area (Å²) in [5, 5.41) is 0. The number of aryl methyl sites for hydroxylation is 2. The first-order valence-corrected chi connectivity index (χ1v) is 9.41. The molecule has 0 spiro atoms. The maximum absolute atomic E-state index is 4.30. The van der Waals surface area contributed by atoms with E-state index in [4.69, 9.17) is 0 Å². The van der Waals surface area contributed by atoms with Crippen LogP contribution in [0, 0.1) is 26.0 Å². The number of rotatable bonds is 2. The zero-order valence-corrected chi connectivity index (χ0v) is 19.6. The van der Waals surface area contributed by atoms with Gasteiger partial charge in [-0.1, -0.05) is 43.7 Å². The molecule has 4 rings (SSSR count). The summed E-state index contributed by atoms with van der Waals surface area (Å²) in [4.78, 5) is 8.58. The zero-order chi connectivity index (χ0) is 19.1. The second kappa shape index (κ2) is 11.0. The van der Waals surface area contributed by atoms with Crippen molar-refractivity contribution in [1.82, 2.24) is 9.97 Å². The summed E-state index contributed by atoms with van der Waals surface area (Å²) < 4.78 is 1.05. The summed E-state index contributed by atoms with van der Waals surface area (Å²) >= 11 is 3.43. The Balaban J connectivity index is 0.000000194. The molecule has 4 heteroatoms. The molecule has 0 N–H and O–H groups in total. The molecule has 0 amide bonds. The molecule has 143 valence electrons. The Morgan fingerprint density at radius 1 is 0.714 bits per heavy atom. The number of hydrogen-bond donors (Lipinski definition) is 0. The molecule has 2 nitrogen and oxygen atoms in total. The molecule has 0 aliphatic rings. The van der Waals surface area contributed by atoms with Crippen LogP contribution in [0.4, 0.5) is 0 Å². The Bertz CT molecular complexity index is 976. The molecule has 0 saturated heterocycles. The molecule has 2 aromatic heterocycles. The molecular weight excluding hydrogens is 588 g/mol. The standard InChI is InChI=1S/C12H9BrN.C12H10N.Ir/c1-9-5-6-14-12(7-9)10-3-2-4-11(13)8-10;1-10-7-8-13-12(9-10)11-5-3-2-4-6-11;/h2,4-8H,1H3;2-5,7-9H,1H3;/q2*-1;. The minimum atomic E-state index is 0. The van der Waals surface area contributed by atoms with E-state index >= 15 is 0 Å². The summed E-state index contributed by atoms with van der Waals surface area (Å²) in [5.41, 5.74) is 6.45. The average Bonchev–Trinajstić information content (AvgIpc) is 2.69. The Morgan fingerprint density at radius 3 is 1.86 bits per heavy atom. The van der Waals surface area contributed by atoms with Crippen LogP contribution in [0.25, 0.3) is 22.5 Å². The van der Waals surface area contributed by atoms with Crippen LogP contribution in [0.5, 0.6) is 0 Å². The topological polar surface area (TPSA) is 25.8 Å². The van der Waals surface area contributed by atoms with Crippen molar-refractivity contribution in [3.8, 4) is 22.5 Å². The fourth-order valence-electron chi connectivity index (χ4n) is 2.51. The predicted molar refractivity (Wildman–Crippen MR) is 114 cm³/mol. The molecule has 0 aliphatic carbocycles. The molecular formula is C24H19BrIrN2-2. The summed E-state index contributed by atoms with van der Waals surface area (Å²) in [6.45, 7) is 4.12. The number of hydrogen-bond acceptors (Lipinski definition) is 2. The third kappa shape index (κ3) is 6.49. The van der Waals surface area contributed by atoms with Gasteiger partial charge in [0.15, 0.2) is 0 Å². The Morgan fingerprint density at radius 2 is 1.32 bits per heavy atom. The van der Waals surface area contributed by atoms with Crippen molar-refractivity contribution in [1.29, 1.82) is 0 Å². The SMILES string of the molecule is Cc1ccnc(-c2[c-]ccc(Br)c2)c1.Cc1ccnc(-c2[c-]cccc2)c1.[Ir]. The van der Waals surface area contributed by atoms with E-state index < -0.39 is 0 Å². The number of nitrogens with zero attached hydrogens (tertiary/aromatic N) is 2. The minimum Gasteiger partial charge on any atom is -0.305 e. The van der Waals surface area contributed by atoms with E-state index in [2.05, 4.69) is 64.0 Å². The molecule has 2 heterocycles. The molecule has 28 heavy (non-hydrogen) atoms. The van der Waals surface area contributed by atoms with Gasteiger partial charge in [-0.05, 0) is 37.4 Å². The van der Waals surface area contributed by atoms with Crippen molar-refractivity contribution in [2.24, 2.45) is 0 Å². The number of pyridine rings is 2. The van der Waals surface area contributed by atoms with Crippen molar-refractivity contribution < 1.29 is 20.1 Å². The van der Waals surface area contributed by atoms with Gasteiger partial charge in [-0.15, -0.1) is 65.7 Å². The van der Waals surface area contributed by atoms with Gasteiger partial charge < -0.3 is 9.97 Å². The fraction of sp³-hybridized carbons (Fsp3) is 0.0833. The molecule has 0 aliphatic heterocycles. The van der Waals surface area contributed by atoms with Gasteiger partial charge in [0.25, 0.3) is 0 Å². The Kier molecular flexibility index (Phi) is 8.72. The van der Waals surface area contributed by atoms with E-state index in [0.717, 1.165) is 27.0 Å². The number of benzene rings is 2. The largest absolute Gasteiger partial charge is 0.305 e. The molecule has 0 fully saturated rings. The van der Waals surface area contributed by atoms with E-state index in [1.54, 1.807) is 0 Å². The second-order valence-corrected chi connectivity index (χ2v) is 7.05. The van der Waals surface area contributed by atoms with E-state index in [1.165, 1.54) is 11.1 Å². The molecule has 0 bridgehead atoms. The first kappa shape index (κ1) is 22.2. The van der Waals surface area contributed by atoms with Gasteiger partial charge in [0.05, 0.1) is 0 Å². The predicted octanol–water partition coefficient (Wildman–Crippen LogP) is 6.47. The van der Waals surface area contributed by atoms with Crippen LogP contribution in [0.3, 0.4) is 0 Å². The van der Waals surface area contributed by atoms with Crippen molar-refractivity contribution in [3.05, 3.63) is 107 Å². The van der Waals surface area contributed by atoms with E-state index in [9.17, 15) is 0 Å². The van der Waals surface area contributed by atoms with Gasteiger partial charge in [-0.25, -0.2) is 0 Å². The quantitative estimate of drug-likeness (QED) is 0.244. The maximum atomic E-state index is 4.30. The van der Waals surface area contributed by atoms with Crippen LogP contribution in [0.1, 0.15) is 11.1 Å². The van der Waals surface area contributed by atoms with Crippen LogP contribution in [-0.4, -0.2) is 9.97 Å². The summed E-state index contributed by atoms with van der Waals surface area (Å²) in [7, 11) is 0. The van der Waals surface area contributed by atoms with Crippen molar-refractivity contribution in [2.45, 2.75) is 13.8 Å². The van der Waals surface area contributed by atoms with Crippen LogP contribution in [-0.2, 0) is 20.1 Å². The van der Waals surface area contributed by atoms with Crippen LogP contribution >= 0.6 is 15.9 Å². The first-order chi connectivity index (χ1) is 13.1. The van der Waals surface area contributed by atoms with Crippen molar-refractivity contribution in [3.63, 3.8) is 0 Å². The van der Waals surface area contributed by atoms with Gasteiger partial charge in [0, 0.05) is 32.5 Å². The molecule has 1 radical (unpaired) electrons. The monoisotopic (exact) mass is 607 g/mol. The van der Waals surface area contributed by atoms with Gasteiger partial charge in [0.2, 0.25) is 0 Å². The van der Waals surface area contributed by atoms with Gasteiger partial charge >= 0.3 is 0 Å². The molecule has 0 saturated carbocycles. The van der Waals surface area contributed by atoms with E-state index in [1.807, 2.05) is 67.0 Å². The zero-order valence-electron chi connectivity index (χ0n) is 15.6. The fourth-order valence-corrected chi connectivity index (χ4v) is 2.87. The van der Waals surface area contributed by atoms with Gasteiger partial charge in [-0.2, -0.15) is 0 Å². The number of aromatic nitrogens is 2. The molecule has 0 atom stereocenters. The summed E-state index contributed by atoms with van der Waals surface area (Å²) in [6, 6.07) is 28.1. The molecule has 4 aromatic rings. The van der Waals surface area contributed by atoms with Crippen LogP contribution in [0.2, 0.25) is 0 Å². The second-order valence-electron chi connectivity index (χ2n) is 6.13. The summed E-state index contributed by atoms with van der Waals surface area (Å²) in [6.07, 6.45) is 3.64. The third-order valence-electron chi connectivity index (χ3n) is 3.86. The van der Waals surface area contributed by atoms with Crippen molar-refractivity contribution >= 4 is 15.9 Å². The Hall–Kier alpha value is -2.13.